The Bertz CT molecular complexity index is 1120. The highest BCUT2D eigenvalue weighted by Gasteiger charge is 2.18. The van der Waals surface area contributed by atoms with E-state index in [-0.39, 0.29) is 5.91 Å². The van der Waals surface area contributed by atoms with Crippen LogP contribution in [0.25, 0.3) is 22.2 Å². The number of ether oxygens (including phenoxy) is 1. The summed E-state index contributed by atoms with van der Waals surface area (Å²) >= 11 is 1.43. The van der Waals surface area contributed by atoms with E-state index in [4.69, 9.17) is 9.26 Å². The van der Waals surface area contributed by atoms with Gasteiger partial charge in [-0.25, -0.2) is 0 Å². The Hall–Kier alpha value is -3.45. The fourth-order valence-electron chi connectivity index (χ4n) is 2.80. The number of carbonyl (C=O) groups is 1. The molecule has 28 heavy (non-hydrogen) atoms. The lowest BCUT2D eigenvalue weighted by molar-refractivity contribution is 0.102. The Kier molecular flexibility index (Phi) is 4.90. The molecule has 0 saturated heterocycles. The molecule has 6 nitrogen and oxygen atoms in total. The summed E-state index contributed by atoms with van der Waals surface area (Å²) in [7, 11) is 1.60. The van der Waals surface area contributed by atoms with Gasteiger partial charge < -0.3 is 14.6 Å². The molecule has 4 aromatic rings. The highest BCUT2D eigenvalue weighted by molar-refractivity contribution is 7.14. The number of aromatic nitrogens is 2. The van der Waals surface area contributed by atoms with Gasteiger partial charge in [0.1, 0.15) is 10.6 Å². The van der Waals surface area contributed by atoms with Crippen LogP contribution >= 0.6 is 11.3 Å². The summed E-state index contributed by atoms with van der Waals surface area (Å²) in [6.07, 6.45) is 0. The molecule has 0 unspecified atom stereocenters. The minimum absolute atomic E-state index is 0.206. The molecule has 0 aliphatic carbocycles. The third-order valence-corrected chi connectivity index (χ3v) is 5.15. The van der Waals surface area contributed by atoms with Gasteiger partial charge in [-0.2, -0.15) is 4.98 Å². The van der Waals surface area contributed by atoms with Crippen LogP contribution in [0.5, 0.6) is 5.75 Å². The molecule has 1 amide bonds. The van der Waals surface area contributed by atoms with Crippen LogP contribution in [-0.4, -0.2) is 23.2 Å². The first-order chi connectivity index (χ1) is 13.7. The van der Waals surface area contributed by atoms with Crippen molar-refractivity contribution in [3.05, 3.63) is 71.1 Å². The molecule has 0 aliphatic heterocycles. The van der Waals surface area contributed by atoms with Gasteiger partial charge >= 0.3 is 0 Å². The van der Waals surface area contributed by atoms with Gasteiger partial charge in [0.2, 0.25) is 5.82 Å². The molecule has 0 bridgehead atoms. The number of thiophene rings is 1. The lowest BCUT2D eigenvalue weighted by Crippen LogP contribution is -2.13. The van der Waals surface area contributed by atoms with Crippen LogP contribution in [0.15, 0.2) is 64.5 Å². The van der Waals surface area contributed by atoms with Crippen molar-refractivity contribution in [3.8, 4) is 27.9 Å². The summed E-state index contributed by atoms with van der Waals surface area (Å²) in [4.78, 5) is 17.9. The number of hydrogen-bond donors (Lipinski definition) is 1. The Morgan fingerprint density at radius 2 is 1.96 bits per heavy atom. The number of methoxy groups -OCH3 is 1. The van der Waals surface area contributed by atoms with Gasteiger partial charge in [-0.15, -0.1) is 11.3 Å². The van der Waals surface area contributed by atoms with Gasteiger partial charge in [0.25, 0.3) is 11.8 Å². The zero-order chi connectivity index (χ0) is 19.5. The van der Waals surface area contributed by atoms with Crippen molar-refractivity contribution in [3.63, 3.8) is 0 Å². The molecule has 0 spiro atoms. The maximum atomic E-state index is 12.7. The van der Waals surface area contributed by atoms with Crippen LogP contribution in [0.1, 0.15) is 15.9 Å². The van der Waals surface area contributed by atoms with Crippen molar-refractivity contribution < 1.29 is 14.1 Å². The molecule has 0 radical (unpaired) electrons. The fourth-order valence-corrected chi connectivity index (χ4v) is 3.57. The zero-order valence-electron chi connectivity index (χ0n) is 15.3. The largest absolute Gasteiger partial charge is 0.497 e. The Morgan fingerprint density at radius 3 is 2.71 bits per heavy atom. The second-order valence-electron chi connectivity index (χ2n) is 6.09. The Balaban J connectivity index is 1.58. The minimum atomic E-state index is -0.206. The molecule has 0 atom stereocenters. The number of nitrogens with zero attached hydrogens (tertiary/aromatic N) is 2. The van der Waals surface area contributed by atoms with Crippen molar-refractivity contribution >= 4 is 22.9 Å². The van der Waals surface area contributed by atoms with E-state index >= 15 is 0 Å². The molecule has 2 heterocycles. The number of rotatable bonds is 5. The average molecular weight is 391 g/mol. The monoisotopic (exact) mass is 391 g/mol. The number of anilines is 1. The van der Waals surface area contributed by atoms with E-state index in [1.807, 2.05) is 54.8 Å². The van der Waals surface area contributed by atoms with Gasteiger partial charge in [0.05, 0.1) is 12.8 Å². The van der Waals surface area contributed by atoms with Crippen molar-refractivity contribution in [2.45, 2.75) is 6.92 Å². The first-order valence-corrected chi connectivity index (χ1v) is 9.46. The molecule has 140 valence electrons. The van der Waals surface area contributed by atoms with E-state index in [1.165, 1.54) is 11.3 Å². The topological polar surface area (TPSA) is 77.2 Å². The van der Waals surface area contributed by atoms with E-state index in [0.29, 0.717) is 33.6 Å². The van der Waals surface area contributed by atoms with Gasteiger partial charge in [0.15, 0.2) is 0 Å². The molecule has 4 rings (SSSR count). The van der Waals surface area contributed by atoms with E-state index in [2.05, 4.69) is 15.5 Å². The number of amides is 1. The fraction of sp³-hybridized carbons (Fsp3) is 0.0952. The van der Waals surface area contributed by atoms with Crippen molar-refractivity contribution in [1.82, 2.24) is 10.1 Å². The first kappa shape index (κ1) is 17.9. The zero-order valence-corrected chi connectivity index (χ0v) is 16.1. The molecule has 0 aliphatic rings. The summed E-state index contributed by atoms with van der Waals surface area (Å²) in [5.41, 5.74) is 2.91. The average Bonchev–Trinajstić information content (AvgIpc) is 3.37. The number of hydrogen-bond acceptors (Lipinski definition) is 6. The number of benzene rings is 2. The highest BCUT2D eigenvalue weighted by Crippen LogP contribution is 2.34. The predicted molar refractivity (Wildman–Crippen MR) is 109 cm³/mol. The van der Waals surface area contributed by atoms with Gasteiger partial charge in [-0.05, 0) is 42.1 Å². The molecule has 1 N–H and O–H groups in total. The second-order valence-corrected chi connectivity index (χ2v) is 7.00. The summed E-state index contributed by atoms with van der Waals surface area (Å²) in [6.45, 7) is 1.87. The third-order valence-electron chi connectivity index (χ3n) is 4.24. The van der Waals surface area contributed by atoms with Crippen molar-refractivity contribution in [1.29, 1.82) is 0 Å². The van der Waals surface area contributed by atoms with Crippen molar-refractivity contribution in [2.75, 3.05) is 12.4 Å². The summed E-state index contributed by atoms with van der Waals surface area (Å²) < 4.78 is 10.6. The number of nitrogens with one attached hydrogen (secondary N) is 1. The molecule has 2 aromatic heterocycles. The quantitative estimate of drug-likeness (QED) is 0.516. The van der Waals surface area contributed by atoms with Crippen LogP contribution in [0.3, 0.4) is 0 Å². The normalized spacial score (nSPS) is 10.6. The van der Waals surface area contributed by atoms with E-state index in [0.717, 1.165) is 11.1 Å². The molecular formula is C21H17N3O3S. The SMILES string of the molecule is COc1ccc(C(=O)Nc2ccsc2-c2nc(-c3ccccc3)no2)c(C)c1. The molecule has 0 fully saturated rings. The Morgan fingerprint density at radius 1 is 1.14 bits per heavy atom. The summed E-state index contributed by atoms with van der Waals surface area (Å²) in [5, 5.41) is 8.86. The minimum Gasteiger partial charge on any atom is -0.497 e. The van der Waals surface area contributed by atoms with Crippen LogP contribution in [0.2, 0.25) is 0 Å². The van der Waals surface area contributed by atoms with E-state index in [1.54, 1.807) is 19.2 Å². The van der Waals surface area contributed by atoms with Gasteiger partial charge in [-0.1, -0.05) is 35.5 Å². The highest BCUT2D eigenvalue weighted by atomic mass is 32.1. The van der Waals surface area contributed by atoms with Gasteiger partial charge in [0, 0.05) is 11.1 Å². The summed E-state index contributed by atoms with van der Waals surface area (Å²) in [5.74, 6) is 1.38. The van der Waals surface area contributed by atoms with E-state index in [9.17, 15) is 4.79 Å². The molecular weight excluding hydrogens is 374 g/mol. The lowest BCUT2D eigenvalue weighted by atomic mass is 10.1. The maximum absolute atomic E-state index is 12.7. The molecule has 2 aromatic carbocycles. The van der Waals surface area contributed by atoms with Gasteiger partial charge in [-0.3, -0.25) is 4.79 Å². The van der Waals surface area contributed by atoms with Crippen LogP contribution in [-0.2, 0) is 0 Å². The first-order valence-electron chi connectivity index (χ1n) is 8.58. The second kappa shape index (κ2) is 7.66. The lowest BCUT2D eigenvalue weighted by Gasteiger charge is -2.09. The standard InChI is InChI=1S/C21H17N3O3S/c1-13-12-15(26-2)8-9-16(13)20(25)22-17-10-11-28-18(17)21-23-19(24-27-21)14-6-4-3-5-7-14/h3-12H,1-2H3,(H,22,25). The smallest absolute Gasteiger partial charge is 0.270 e. The molecule has 7 heteroatoms. The van der Waals surface area contributed by atoms with Crippen LogP contribution < -0.4 is 10.1 Å². The maximum Gasteiger partial charge on any atom is 0.270 e. The van der Waals surface area contributed by atoms with Crippen molar-refractivity contribution in [2.24, 2.45) is 0 Å². The van der Waals surface area contributed by atoms with Crippen LogP contribution in [0.4, 0.5) is 5.69 Å². The van der Waals surface area contributed by atoms with Crippen LogP contribution in [0, 0.1) is 6.92 Å². The van der Waals surface area contributed by atoms with E-state index < -0.39 is 0 Å². The summed E-state index contributed by atoms with van der Waals surface area (Å²) in [6, 6.07) is 16.8. The number of aryl methyl sites for hydroxylation is 1. The number of carbonyl (C=O) groups excluding carboxylic acids is 1. The third kappa shape index (κ3) is 3.52. The predicted octanol–water partition coefficient (Wildman–Crippen LogP) is 5.03. The Labute approximate surface area is 165 Å². The molecule has 0 saturated carbocycles.